The Bertz CT molecular complexity index is 707. The zero-order valence-electron chi connectivity index (χ0n) is 9.99. The summed E-state index contributed by atoms with van der Waals surface area (Å²) in [5, 5.41) is 11.3. The second kappa shape index (κ2) is 4.74. The van der Waals surface area contributed by atoms with Crippen LogP contribution in [-0.2, 0) is 0 Å². The summed E-state index contributed by atoms with van der Waals surface area (Å²) < 4.78 is 12.8. The van der Waals surface area contributed by atoms with Crippen molar-refractivity contribution in [3.05, 3.63) is 71.9 Å². The molecule has 4 heteroatoms. The number of halogens is 1. The summed E-state index contributed by atoms with van der Waals surface area (Å²) >= 11 is 0. The molecule has 3 nitrogen and oxygen atoms in total. The van der Waals surface area contributed by atoms with Gasteiger partial charge in [0.05, 0.1) is 17.4 Å². The summed E-state index contributed by atoms with van der Waals surface area (Å²) in [6, 6.07) is 12.1. The van der Waals surface area contributed by atoms with E-state index in [4.69, 9.17) is 0 Å². The number of aliphatic hydroxyl groups is 1. The molecule has 0 aliphatic heterocycles. The van der Waals surface area contributed by atoms with Crippen molar-refractivity contribution in [3.8, 4) is 0 Å². The molecule has 1 aromatic carbocycles. The van der Waals surface area contributed by atoms with E-state index in [0.29, 0.717) is 11.3 Å². The maximum atomic E-state index is 12.8. The Balaban J connectivity index is 2.11. The molecule has 2 aromatic heterocycles. The smallest absolute Gasteiger partial charge is 0.141 e. The zero-order valence-corrected chi connectivity index (χ0v) is 9.99. The Morgan fingerprint density at radius 1 is 1.00 bits per heavy atom. The highest BCUT2D eigenvalue weighted by Crippen LogP contribution is 2.26. The Kier molecular flexibility index (Phi) is 2.93. The highest BCUT2D eigenvalue weighted by Gasteiger charge is 2.15. The van der Waals surface area contributed by atoms with E-state index in [-0.39, 0.29) is 0 Å². The molecule has 2 heterocycles. The monoisotopic (exact) mass is 254 g/mol. The van der Waals surface area contributed by atoms with Crippen molar-refractivity contribution >= 4 is 10.9 Å². The molecule has 19 heavy (non-hydrogen) atoms. The van der Waals surface area contributed by atoms with E-state index in [1.54, 1.807) is 12.3 Å². The topological polar surface area (TPSA) is 46.0 Å². The van der Waals surface area contributed by atoms with Gasteiger partial charge in [-0.1, -0.05) is 24.3 Å². The largest absolute Gasteiger partial charge is 0.382 e. The number of rotatable bonds is 2. The van der Waals surface area contributed by atoms with Crippen LogP contribution in [-0.4, -0.2) is 15.1 Å². The minimum Gasteiger partial charge on any atom is -0.382 e. The van der Waals surface area contributed by atoms with Gasteiger partial charge >= 0.3 is 0 Å². The summed E-state index contributed by atoms with van der Waals surface area (Å²) in [5.74, 6) is -0.424. The molecular formula is C15H11FN2O. The molecule has 1 atom stereocenters. The van der Waals surface area contributed by atoms with Crippen LogP contribution >= 0.6 is 0 Å². The molecule has 1 N–H and O–H groups in total. The lowest BCUT2D eigenvalue weighted by Crippen LogP contribution is -2.03. The molecule has 0 aliphatic rings. The first-order chi connectivity index (χ1) is 9.25. The van der Waals surface area contributed by atoms with Gasteiger partial charge in [-0.2, -0.15) is 0 Å². The summed E-state index contributed by atoms with van der Waals surface area (Å²) in [6.45, 7) is 0. The number of aliphatic hydroxyl groups excluding tert-OH is 1. The van der Waals surface area contributed by atoms with E-state index >= 15 is 0 Å². The van der Waals surface area contributed by atoms with Crippen molar-refractivity contribution in [2.45, 2.75) is 6.10 Å². The summed E-state index contributed by atoms with van der Waals surface area (Å²) in [7, 11) is 0. The predicted molar refractivity (Wildman–Crippen MR) is 70.0 cm³/mol. The standard InChI is InChI=1S/C15H11FN2O/c16-11-6-7-13(18-9-11)15(19)12-5-1-3-10-4-2-8-17-14(10)12/h1-9,15,19H. The fraction of sp³-hybridized carbons (Fsp3) is 0.0667. The minimum atomic E-state index is -0.917. The number of hydrogen-bond donors (Lipinski definition) is 1. The number of benzene rings is 1. The van der Waals surface area contributed by atoms with Gasteiger partial charge in [0, 0.05) is 17.1 Å². The molecule has 94 valence electrons. The lowest BCUT2D eigenvalue weighted by molar-refractivity contribution is 0.216. The first-order valence-electron chi connectivity index (χ1n) is 5.89. The number of pyridine rings is 2. The van der Waals surface area contributed by atoms with E-state index in [9.17, 15) is 9.50 Å². The van der Waals surface area contributed by atoms with Gasteiger partial charge in [0.25, 0.3) is 0 Å². The van der Waals surface area contributed by atoms with Gasteiger partial charge in [-0.25, -0.2) is 4.39 Å². The van der Waals surface area contributed by atoms with Crippen molar-refractivity contribution in [2.75, 3.05) is 0 Å². The lowest BCUT2D eigenvalue weighted by Gasteiger charge is -2.12. The van der Waals surface area contributed by atoms with Crippen molar-refractivity contribution in [1.82, 2.24) is 9.97 Å². The van der Waals surface area contributed by atoms with E-state index in [2.05, 4.69) is 9.97 Å². The fourth-order valence-electron chi connectivity index (χ4n) is 2.06. The van der Waals surface area contributed by atoms with E-state index in [1.807, 2.05) is 24.3 Å². The summed E-state index contributed by atoms with van der Waals surface area (Å²) in [6.07, 6.45) is 1.85. The Morgan fingerprint density at radius 3 is 2.63 bits per heavy atom. The molecule has 3 rings (SSSR count). The SMILES string of the molecule is OC(c1ccc(F)cn1)c1cccc2cccnc12. The molecule has 0 amide bonds. The third-order valence-corrected chi connectivity index (χ3v) is 2.99. The van der Waals surface area contributed by atoms with Crippen LogP contribution in [0.15, 0.2) is 54.9 Å². The van der Waals surface area contributed by atoms with Gasteiger partial charge in [0.15, 0.2) is 0 Å². The van der Waals surface area contributed by atoms with Crippen LogP contribution in [0.5, 0.6) is 0 Å². The highest BCUT2D eigenvalue weighted by molar-refractivity contribution is 5.82. The first kappa shape index (κ1) is 11.7. The highest BCUT2D eigenvalue weighted by atomic mass is 19.1. The van der Waals surface area contributed by atoms with Gasteiger partial charge in [-0.15, -0.1) is 0 Å². The van der Waals surface area contributed by atoms with Crippen LogP contribution in [0.3, 0.4) is 0 Å². The van der Waals surface area contributed by atoms with E-state index in [1.165, 1.54) is 12.1 Å². The van der Waals surface area contributed by atoms with Crippen molar-refractivity contribution in [2.24, 2.45) is 0 Å². The van der Waals surface area contributed by atoms with Crippen LogP contribution in [0.4, 0.5) is 4.39 Å². The molecule has 0 aliphatic carbocycles. The Labute approximate surface area is 109 Å². The lowest BCUT2D eigenvalue weighted by atomic mass is 10.0. The molecule has 0 fully saturated rings. The number of hydrogen-bond acceptors (Lipinski definition) is 3. The van der Waals surface area contributed by atoms with Crippen LogP contribution in [0.1, 0.15) is 17.4 Å². The van der Waals surface area contributed by atoms with Crippen molar-refractivity contribution in [1.29, 1.82) is 0 Å². The normalized spacial score (nSPS) is 12.5. The van der Waals surface area contributed by atoms with Gasteiger partial charge in [-0.05, 0) is 18.2 Å². The van der Waals surface area contributed by atoms with Gasteiger partial charge < -0.3 is 5.11 Å². The van der Waals surface area contributed by atoms with Crippen LogP contribution in [0.25, 0.3) is 10.9 Å². The molecular weight excluding hydrogens is 243 g/mol. The quantitative estimate of drug-likeness (QED) is 0.764. The second-order valence-electron chi connectivity index (χ2n) is 4.23. The van der Waals surface area contributed by atoms with Crippen LogP contribution in [0, 0.1) is 5.82 Å². The minimum absolute atomic E-state index is 0.402. The van der Waals surface area contributed by atoms with Gasteiger partial charge in [0.2, 0.25) is 0 Å². The van der Waals surface area contributed by atoms with Crippen molar-refractivity contribution in [3.63, 3.8) is 0 Å². The molecule has 0 saturated heterocycles. The number of nitrogens with zero attached hydrogens (tertiary/aromatic N) is 2. The van der Waals surface area contributed by atoms with Crippen LogP contribution < -0.4 is 0 Å². The first-order valence-corrected chi connectivity index (χ1v) is 5.89. The molecule has 0 saturated carbocycles. The van der Waals surface area contributed by atoms with Gasteiger partial charge in [-0.3, -0.25) is 9.97 Å². The van der Waals surface area contributed by atoms with Crippen molar-refractivity contribution < 1.29 is 9.50 Å². The number of aromatic nitrogens is 2. The average Bonchev–Trinajstić information content (AvgIpc) is 2.47. The van der Waals surface area contributed by atoms with E-state index < -0.39 is 11.9 Å². The Hall–Kier alpha value is -2.33. The molecule has 0 bridgehead atoms. The number of para-hydroxylation sites is 1. The number of fused-ring (bicyclic) bond motifs is 1. The van der Waals surface area contributed by atoms with Crippen LogP contribution in [0.2, 0.25) is 0 Å². The molecule has 3 aromatic rings. The molecule has 0 radical (unpaired) electrons. The van der Waals surface area contributed by atoms with Gasteiger partial charge in [0.1, 0.15) is 11.9 Å². The Morgan fingerprint density at radius 2 is 1.84 bits per heavy atom. The van der Waals surface area contributed by atoms with E-state index in [0.717, 1.165) is 17.1 Å². The maximum absolute atomic E-state index is 12.8. The fourth-order valence-corrected chi connectivity index (χ4v) is 2.06. The maximum Gasteiger partial charge on any atom is 0.141 e. The second-order valence-corrected chi connectivity index (χ2v) is 4.23. The summed E-state index contributed by atoms with van der Waals surface area (Å²) in [4.78, 5) is 8.19. The zero-order chi connectivity index (χ0) is 13.2. The molecule has 1 unspecified atom stereocenters. The third kappa shape index (κ3) is 2.18. The average molecular weight is 254 g/mol. The molecule has 0 spiro atoms. The predicted octanol–water partition coefficient (Wildman–Crippen LogP) is 2.85. The summed E-state index contributed by atoms with van der Waals surface area (Å²) in [5.41, 5.74) is 1.79. The third-order valence-electron chi connectivity index (χ3n) is 2.99.